The minimum absolute atomic E-state index is 0.533. The van der Waals surface area contributed by atoms with Gasteiger partial charge in [-0.25, -0.2) is 19.6 Å². The summed E-state index contributed by atoms with van der Waals surface area (Å²) in [6.07, 6.45) is 1.96. The molecule has 0 aromatic rings. The fraction of sp³-hybridized carbons (Fsp3) is 0.824. The number of hydrogen-bond acceptors (Lipinski definition) is 5. The van der Waals surface area contributed by atoms with Gasteiger partial charge in [0.25, 0.3) is 0 Å². The summed E-state index contributed by atoms with van der Waals surface area (Å²) < 4.78 is 69.7. The van der Waals surface area contributed by atoms with Gasteiger partial charge in [0.2, 0.25) is 0 Å². The molecule has 11 heteroatoms. The van der Waals surface area contributed by atoms with Crippen LogP contribution in [0.4, 0.5) is 26.3 Å². The zero-order chi connectivity index (χ0) is 21.2. The smallest absolute Gasteiger partial charge is 0.380 e. The monoisotopic (exact) mass is 416 g/mol. The number of alkyl halides is 6. The van der Waals surface area contributed by atoms with E-state index in [1.54, 1.807) is 0 Å². The van der Waals surface area contributed by atoms with E-state index in [2.05, 4.69) is 20.7 Å². The molecule has 2 rings (SSSR count). The van der Waals surface area contributed by atoms with E-state index in [4.69, 9.17) is 0 Å². The Hall–Kier alpha value is -1.90. The minimum Gasteiger partial charge on any atom is -0.380 e. The van der Waals surface area contributed by atoms with Crippen LogP contribution in [0.5, 0.6) is 0 Å². The molecule has 0 N–H and O–H groups in total. The molecule has 0 aliphatic heterocycles. The highest BCUT2D eigenvalue weighted by molar-refractivity contribution is 5.90. The van der Waals surface area contributed by atoms with Gasteiger partial charge in [0.1, 0.15) is 0 Å². The largest absolute Gasteiger partial charge is 0.491 e. The fourth-order valence-corrected chi connectivity index (χ4v) is 2.82. The van der Waals surface area contributed by atoms with Gasteiger partial charge in [-0.2, -0.15) is 26.3 Å². The average molecular weight is 416 g/mol. The minimum atomic E-state index is -5.62. The van der Waals surface area contributed by atoms with Crippen molar-refractivity contribution in [2.24, 2.45) is 9.98 Å². The van der Waals surface area contributed by atoms with Gasteiger partial charge in [0.05, 0.1) is 18.1 Å². The number of hydrogen-bond donors (Lipinski definition) is 0. The molecule has 2 fully saturated rings. The number of aliphatic imine (C=N–C) groups is 2. The van der Waals surface area contributed by atoms with E-state index < -0.39 is 24.3 Å². The van der Waals surface area contributed by atoms with Crippen LogP contribution < -0.4 is 0 Å². The molecule has 0 aromatic heterocycles. The molecule has 2 saturated carbocycles. The molecule has 0 aromatic carbocycles. The van der Waals surface area contributed by atoms with E-state index in [9.17, 15) is 35.9 Å². The molecule has 0 saturated heterocycles. The van der Waals surface area contributed by atoms with Crippen LogP contribution in [0.15, 0.2) is 9.98 Å². The van der Waals surface area contributed by atoms with Gasteiger partial charge < -0.3 is 4.74 Å². The molecular formula is C17H22F6N2O3. The topological polar surface area (TPSA) is 68.1 Å². The first kappa shape index (κ1) is 24.1. The summed E-state index contributed by atoms with van der Waals surface area (Å²) in [6, 6.07) is 4.04. The van der Waals surface area contributed by atoms with Crippen LogP contribution in [0.2, 0.25) is 0 Å². The van der Waals surface area contributed by atoms with Crippen LogP contribution in [0.3, 0.4) is 0 Å². The van der Waals surface area contributed by atoms with Crippen LogP contribution in [-0.4, -0.2) is 42.4 Å². The first-order chi connectivity index (χ1) is 13.0. The molecule has 0 radical (unpaired) electrons. The Morgan fingerprint density at radius 1 is 0.679 bits per heavy atom. The molecule has 28 heavy (non-hydrogen) atoms. The van der Waals surface area contributed by atoms with E-state index >= 15 is 0 Å². The summed E-state index contributed by atoms with van der Waals surface area (Å²) >= 11 is 0. The van der Waals surface area contributed by atoms with Crippen molar-refractivity contribution in [3.05, 3.63) is 0 Å². The van der Waals surface area contributed by atoms with Crippen molar-refractivity contribution in [2.75, 3.05) is 0 Å². The van der Waals surface area contributed by atoms with E-state index in [1.807, 2.05) is 0 Å². The number of rotatable bonds is 2. The second-order valence-electron chi connectivity index (χ2n) is 6.61. The lowest BCUT2D eigenvalue weighted by atomic mass is 9.96. The summed E-state index contributed by atoms with van der Waals surface area (Å²) in [6.45, 7) is 0. The molecule has 2 aliphatic rings. The SMILES string of the molecule is C(=NC1CCCCC1)=NC1CCCCC1.O=C(OC(=O)C(F)(F)F)C(F)(F)F. The first-order valence-electron chi connectivity index (χ1n) is 9.05. The standard InChI is InChI=1S/C13H22N2.C4F6O3/c1-3-7-12(8-4-1)14-11-15-13-9-5-2-6-10-13;5-3(6,7)1(11)13-2(12)4(8,9)10/h12-13H,1-10H2;. The molecular weight excluding hydrogens is 394 g/mol. The zero-order valence-corrected chi connectivity index (χ0v) is 15.1. The highest BCUT2D eigenvalue weighted by Gasteiger charge is 2.49. The van der Waals surface area contributed by atoms with Gasteiger partial charge in [-0.1, -0.05) is 38.5 Å². The first-order valence-corrected chi connectivity index (χ1v) is 9.05. The number of nitrogens with zero attached hydrogens (tertiary/aromatic N) is 2. The van der Waals surface area contributed by atoms with Crippen LogP contribution in [0.25, 0.3) is 0 Å². The Kier molecular flexibility index (Phi) is 9.64. The van der Waals surface area contributed by atoms with Crippen molar-refractivity contribution in [3.8, 4) is 0 Å². The fourth-order valence-electron chi connectivity index (χ4n) is 2.82. The lowest BCUT2D eigenvalue weighted by molar-refractivity contribution is -0.221. The summed E-state index contributed by atoms with van der Waals surface area (Å²) in [5.41, 5.74) is 0. The molecule has 0 unspecified atom stereocenters. The molecule has 0 heterocycles. The third-order valence-electron chi connectivity index (χ3n) is 4.28. The highest BCUT2D eigenvalue weighted by atomic mass is 19.4. The van der Waals surface area contributed by atoms with E-state index in [0.717, 1.165) is 0 Å². The second kappa shape index (κ2) is 11.2. The van der Waals surface area contributed by atoms with Crippen molar-refractivity contribution in [3.63, 3.8) is 0 Å². The van der Waals surface area contributed by atoms with Crippen LogP contribution in [-0.2, 0) is 14.3 Å². The highest BCUT2D eigenvalue weighted by Crippen LogP contribution is 2.22. The van der Waals surface area contributed by atoms with E-state index in [0.29, 0.717) is 12.1 Å². The number of esters is 2. The molecule has 0 amide bonds. The van der Waals surface area contributed by atoms with Gasteiger partial charge in [0, 0.05) is 0 Å². The maximum Gasteiger partial charge on any atom is 0.491 e. The van der Waals surface area contributed by atoms with Gasteiger partial charge in [-0.15, -0.1) is 0 Å². The Balaban J connectivity index is 0.000000284. The second-order valence-corrected chi connectivity index (χ2v) is 6.61. The molecule has 5 nitrogen and oxygen atoms in total. The molecule has 2 aliphatic carbocycles. The van der Waals surface area contributed by atoms with Gasteiger partial charge >= 0.3 is 24.3 Å². The normalized spacial score (nSPS) is 18.9. The van der Waals surface area contributed by atoms with E-state index in [1.165, 1.54) is 64.2 Å². The maximum absolute atomic E-state index is 11.2. The van der Waals surface area contributed by atoms with Gasteiger partial charge in [-0.3, -0.25) is 0 Å². The van der Waals surface area contributed by atoms with Gasteiger partial charge in [0.15, 0.2) is 0 Å². The van der Waals surface area contributed by atoms with Gasteiger partial charge in [-0.05, 0) is 25.7 Å². The van der Waals surface area contributed by atoms with Crippen LogP contribution in [0, 0.1) is 0 Å². The zero-order valence-electron chi connectivity index (χ0n) is 15.1. The molecule has 160 valence electrons. The lowest BCUT2D eigenvalue weighted by Crippen LogP contribution is -2.34. The number of halogens is 6. The van der Waals surface area contributed by atoms with Crippen molar-refractivity contribution < 1.29 is 40.7 Å². The number of carbonyl (C=O) groups excluding carboxylic acids is 2. The third-order valence-corrected chi connectivity index (χ3v) is 4.28. The lowest BCUT2D eigenvalue weighted by Gasteiger charge is -2.17. The van der Waals surface area contributed by atoms with Crippen molar-refractivity contribution >= 4 is 17.9 Å². The van der Waals surface area contributed by atoms with Crippen LogP contribution >= 0.6 is 0 Å². The Morgan fingerprint density at radius 2 is 1.00 bits per heavy atom. The predicted molar refractivity (Wildman–Crippen MR) is 86.8 cm³/mol. The third kappa shape index (κ3) is 9.87. The Labute approximate surface area is 158 Å². The number of ether oxygens (including phenoxy) is 1. The average Bonchev–Trinajstić information content (AvgIpc) is 2.62. The Morgan fingerprint density at radius 3 is 1.29 bits per heavy atom. The van der Waals surface area contributed by atoms with Crippen molar-refractivity contribution in [1.29, 1.82) is 0 Å². The Bertz CT molecular complexity index is 524. The number of carbonyl (C=O) groups is 2. The summed E-state index contributed by atoms with van der Waals surface area (Å²) in [4.78, 5) is 28.2. The summed E-state index contributed by atoms with van der Waals surface area (Å²) in [5.74, 6) is -6.40. The van der Waals surface area contributed by atoms with Crippen LogP contribution in [0.1, 0.15) is 64.2 Å². The summed E-state index contributed by atoms with van der Waals surface area (Å²) in [5, 5.41) is 0. The molecule has 0 atom stereocenters. The predicted octanol–water partition coefficient (Wildman–Crippen LogP) is 5.01. The molecule has 0 bridgehead atoms. The van der Waals surface area contributed by atoms with Crippen molar-refractivity contribution in [1.82, 2.24) is 0 Å². The van der Waals surface area contributed by atoms with Crippen molar-refractivity contribution in [2.45, 2.75) is 88.6 Å². The molecule has 0 spiro atoms. The quantitative estimate of drug-likeness (QED) is 0.275. The maximum atomic E-state index is 11.2. The van der Waals surface area contributed by atoms with E-state index in [-0.39, 0.29) is 0 Å². The summed E-state index contributed by atoms with van der Waals surface area (Å²) in [7, 11) is 0.